The quantitative estimate of drug-likeness (QED) is 0.617. The van der Waals surface area contributed by atoms with Crippen LogP contribution < -0.4 is 10.1 Å². The lowest BCUT2D eigenvalue weighted by molar-refractivity contribution is 0.0909. The van der Waals surface area contributed by atoms with Gasteiger partial charge in [0.25, 0.3) is 5.91 Å². The van der Waals surface area contributed by atoms with Crippen LogP contribution in [0, 0.1) is 5.41 Å². The van der Waals surface area contributed by atoms with Crippen molar-refractivity contribution >= 4 is 38.6 Å². The Kier molecular flexibility index (Phi) is 6.38. The highest BCUT2D eigenvalue weighted by molar-refractivity contribution is 7.92. The van der Waals surface area contributed by atoms with Gasteiger partial charge in [-0.1, -0.05) is 27.2 Å². The van der Waals surface area contributed by atoms with Gasteiger partial charge in [0.05, 0.1) is 17.0 Å². The molecule has 0 radical (unpaired) electrons. The summed E-state index contributed by atoms with van der Waals surface area (Å²) in [5.74, 6) is 0.100. The fourth-order valence-corrected chi connectivity index (χ4v) is 5.99. The molecule has 0 aliphatic heterocycles. The Labute approximate surface area is 181 Å². The van der Waals surface area contributed by atoms with Gasteiger partial charge in [-0.15, -0.1) is 11.3 Å². The fourth-order valence-electron chi connectivity index (χ4n) is 3.56. The first-order valence-electron chi connectivity index (χ1n) is 9.95. The van der Waals surface area contributed by atoms with Gasteiger partial charge in [0, 0.05) is 18.4 Å². The number of carbonyl (C=O) groups excluding carboxylic acids is 2. The van der Waals surface area contributed by atoms with Crippen LogP contribution in [0.4, 0.5) is 5.69 Å². The van der Waals surface area contributed by atoms with Gasteiger partial charge >= 0.3 is 0 Å². The Morgan fingerprint density at radius 2 is 1.87 bits per heavy atom. The van der Waals surface area contributed by atoms with Crippen molar-refractivity contribution in [2.24, 2.45) is 5.41 Å². The Bertz CT molecular complexity index is 1070. The highest BCUT2D eigenvalue weighted by Gasteiger charge is 2.39. The zero-order valence-electron chi connectivity index (χ0n) is 17.7. The number of benzene rings is 1. The van der Waals surface area contributed by atoms with Crippen molar-refractivity contribution in [2.45, 2.75) is 50.7 Å². The minimum atomic E-state index is -3.62. The first-order valence-corrected chi connectivity index (χ1v) is 12.7. The maximum atomic E-state index is 13.0. The molecule has 0 spiro atoms. The first kappa shape index (κ1) is 22.5. The number of sulfone groups is 1. The predicted molar refractivity (Wildman–Crippen MR) is 119 cm³/mol. The standard InChI is InChI=1S/C22H27NO5S2/c1-5-6-11-28-15-9-7-14(8-10-15)23-20(25)19-16-12-22(2,3)13-17(24)18(16)21(29-19)30(4,26)27/h7-10H,5-6,11-13H2,1-4H3,(H,23,25). The zero-order valence-corrected chi connectivity index (χ0v) is 19.3. The summed E-state index contributed by atoms with van der Waals surface area (Å²) >= 11 is 0.885. The highest BCUT2D eigenvalue weighted by atomic mass is 32.2. The van der Waals surface area contributed by atoms with Crippen molar-refractivity contribution in [3.05, 3.63) is 40.3 Å². The van der Waals surface area contributed by atoms with Crippen LogP contribution in [0.3, 0.4) is 0 Å². The molecule has 0 atom stereocenters. The number of carbonyl (C=O) groups is 2. The van der Waals surface area contributed by atoms with E-state index in [9.17, 15) is 18.0 Å². The molecule has 1 amide bonds. The summed E-state index contributed by atoms with van der Waals surface area (Å²) < 4.78 is 30.1. The number of Topliss-reactive ketones (excluding diaryl/α,β-unsaturated/α-hetero) is 1. The molecular formula is C22H27NO5S2. The molecule has 1 N–H and O–H groups in total. The average Bonchev–Trinajstić information content (AvgIpc) is 3.02. The van der Waals surface area contributed by atoms with Crippen molar-refractivity contribution in [1.29, 1.82) is 0 Å². The summed E-state index contributed by atoms with van der Waals surface area (Å²) in [7, 11) is -3.62. The second-order valence-electron chi connectivity index (χ2n) is 8.47. The van der Waals surface area contributed by atoms with E-state index >= 15 is 0 Å². The van der Waals surface area contributed by atoms with E-state index in [4.69, 9.17) is 4.74 Å². The maximum Gasteiger partial charge on any atom is 0.266 e. The van der Waals surface area contributed by atoms with Crippen molar-refractivity contribution in [1.82, 2.24) is 0 Å². The zero-order chi connectivity index (χ0) is 22.1. The molecule has 0 fully saturated rings. The van der Waals surface area contributed by atoms with Gasteiger partial charge in [-0.25, -0.2) is 8.42 Å². The number of unbranched alkanes of at least 4 members (excludes halogenated alkanes) is 1. The van der Waals surface area contributed by atoms with Crippen LogP contribution in [0.2, 0.25) is 0 Å². The van der Waals surface area contributed by atoms with E-state index in [1.165, 1.54) is 0 Å². The number of amides is 1. The van der Waals surface area contributed by atoms with Crippen LogP contribution in [0.5, 0.6) is 5.75 Å². The molecule has 0 bridgehead atoms. The fraction of sp³-hybridized carbons (Fsp3) is 0.455. The van der Waals surface area contributed by atoms with E-state index in [1.54, 1.807) is 24.3 Å². The van der Waals surface area contributed by atoms with Crippen molar-refractivity contribution in [2.75, 3.05) is 18.2 Å². The van der Waals surface area contributed by atoms with Crippen molar-refractivity contribution < 1.29 is 22.7 Å². The molecule has 1 heterocycles. The summed E-state index contributed by atoms with van der Waals surface area (Å²) in [4.78, 5) is 26.0. The Morgan fingerprint density at radius 1 is 1.20 bits per heavy atom. The molecule has 1 aromatic heterocycles. The van der Waals surface area contributed by atoms with Gasteiger partial charge < -0.3 is 10.1 Å². The molecule has 6 nitrogen and oxygen atoms in total. The topological polar surface area (TPSA) is 89.5 Å². The number of ether oxygens (including phenoxy) is 1. The van der Waals surface area contributed by atoms with E-state index in [-0.39, 0.29) is 32.3 Å². The van der Waals surface area contributed by atoms with Crippen LogP contribution >= 0.6 is 11.3 Å². The third-order valence-corrected chi connectivity index (χ3v) is 8.03. The average molecular weight is 450 g/mol. The lowest BCUT2D eigenvalue weighted by atomic mass is 9.74. The number of hydrogen-bond donors (Lipinski definition) is 1. The predicted octanol–water partition coefficient (Wildman–Crippen LogP) is 4.74. The molecule has 3 rings (SSSR count). The largest absolute Gasteiger partial charge is 0.494 e. The van der Waals surface area contributed by atoms with Crippen LogP contribution in [0.1, 0.15) is 65.6 Å². The Balaban J connectivity index is 1.89. The van der Waals surface area contributed by atoms with Crippen molar-refractivity contribution in [3.63, 3.8) is 0 Å². The molecule has 162 valence electrons. The van der Waals surface area contributed by atoms with E-state index < -0.39 is 15.7 Å². The maximum absolute atomic E-state index is 13.0. The minimum absolute atomic E-state index is 0.0113. The second kappa shape index (κ2) is 8.51. The van der Waals surface area contributed by atoms with Gasteiger partial charge in [-0.05, 0) is 48.1 Å². The molecule has 30 heavy (non-hydrogen) atoms. The molecule has 8 heteroatoms. The Morgan fingerprint density at radius 3 is 2.47 bits per heavy atom. The number of rotatable bonds is 7. The summed E-state index contributed by atoms with van der Waals surface area (Å²) in [6.45, 7) is 6.63. The van der Waals surface area contributed by atoms with Crippen LogP contribution in [0.25, 0.3) is 0 Å². The van der Waals surface area contributed by atoms with Gasteiger partial charge in [-0.3, -0.25) is 9.59 Å². The lowest BCUT2D eigenvalue weighted by Crippen LogP contribution is -2.28. The Hall–Kier alpha value is -2.19. The number of thiophene rings is 1. The minimum Gasteiger partial charge on any atom is -0.494 e. The van der Waals surface area contributed by atoms with Crippen LogP contribution in [0.15, 0.2) is 28.5 Å². The summed E-state index contributed by atoms with van der Waals surface area (Å²) in [5.41, 5.74) is 0.990. The molecule has 1 aromatic carbocycles. The first-order chi connectivity index (χ1) is 14.0. The summed E-state index contributed by atoms with van der Waals surface area (Å²) in [6, 6.07) is 7.05. The van der Waals surface area contributed by atoms with E-state index in [0.717, 1.165) is 36.2 Å². The van der Waals surface area contributed by atoms with Gasteiger partial charge in [-0.2, -0.15) is 0 Å². The van der Waals surface area contributed by atoms with E-state index in [2.05, 4.69) is 12.2 Å². The normalized spacial score (nSPS) is 15.5. The van der Waals surface area contributed by atoms with Gasteiger partial charge in [0.1, 0.15) is 9.96 Å². The smallest absolute Gasteiger partial charge is 0.266 e. The molecular weight excluding hydrogens is 422 g/mol. The van der Waals surface area contributed by atoms with Crippen LogP contribution in [-0.2, 0) is 16.3 Å². The third kappa shape index (κ3) is 4.92. The number of fused-ring (bicyclic) bond motifs is 1. The number of nitrogens with one attached hydrogen (secondary N) is 1. The SMILES string of the molecule is CCCCOc1ccc(NC(=O)c2sc(S(C)(=O)=O)c3c2CC(C)(C)CC3=O)cc1. The molecule has 0 saturated carbocycles. The number of ketones is 1. The highest BCUT2D eigenvalue weighted by Crippen LogP contribution is 2.43. The molecule has 0 unspecified atom stereocenters. The van der Waals surface area contributed by atoms with Gasteiger partial charge in [0.2, 0.25) is 0 Å². The number of anilines is 1. The van der Waals surface area contributed by atoms with Gasteiger partial charge in [0.15, 0.2) is 15.6 Å². The van der Waals surface area contributed by atoms with Crippen LogP contribution in [-0.4, -0.2) is 33.0 Å². The molecule has 2 aromatic rings. The van der Waals surface area contributed by atoms with Crippen molar-refractivity contribution in [3.8, 4) is 5.75 Å². The third-order valence-electron chi connectivity index (χ3n) is 4.97. The number of hydrogen-bond acceptors (Lipinski definition) is 6. The monoisotopic (exact) mass is 449 g/mol. The van der Waals surface area contributed by atoms with E-state index in [0.29, 0.717) is 24.3 Å². The summed E-state index contributed by atoms with van der Waals surface area (Å²) in [6.07, 6.45) is 3.84. The second-order valence-corrected chi connectivity index (χ2v) is 11.7. The summed E-state index contributed by atoms with van der Waals surface area (Å²) in [5, 5.41) is 2.82. The molecule has 0 saturated heterocycles. The molecule has 1 aliphatic rings. The molecule has 1 aliphatic carbocycles. The van der Waals surface area contributed by atoms with E-state index in [1.807, 2.05) is 13.8 Å². The lowest BCUT2D eigenvalue weighted by Gasteiger charge is -2.29.